The lowest BCUT2D eigenvalue weighted by Gasteiger charge is -2.38. The van der Waals surface area contributed by atoms with E-state index in [0.717, 1.165) is 11.3 Å². The normalized spacial score (nSPS) is 18.5. The summed E-state index contributed by atoms with van der Waals surface area (Å²) in [5, 5.41) is 17.0. The van der Waals surface area contributed by atoms with Crippen molar-refractivity contribution in [2.75, 3.05) is 37.4 Å². The number of nitrogens with one attached hydrogen (secondary N) is 2. The van der Waals surface area contributed by atoms with Crippen LogP contribution in [-0.2, 0) is 10.0 Å². The maximum Gasteiger partial charge on any atom is 0.323 e. The fourth-order valence-electron chi connectivity index (χ4n) is 4.25. The molecule has 39 heavy (non-hydrogen) atoms. The van der Waals surface area contributed by atoms with E-state index in [4.69, 9.17) is 4.74 Å². The van der Waals surface area contributed by atoms with Crippen LogP contribution in [0.1, 0.15) is 24.2 Å². The summed E-state index contributed by atoms with van der Waals surface area (Å²) in [5.41, 5.74) is 1.19. The first kappa shape index (κ1) is 28.6. The van der Waals surface area contributed by atoms with E-state index >= 15 is 0 Å². The molecule has 2 aromatic carbocycles. The van der Waals surface area contributed by atoms with Crippen LogP contribution in [0.15, 0.2) is 70.3 Å². The summed E-state index contributed by atoms with van der Waals surface area (Å²) in [6, 6.07) is 15.9. The summed E-state index contributed by atoms with van der Waals surface area (Å²) >= 11 is 1.14. The molecular weight excluding hydrogens is 540 g/mol. The molecule has 208 valence electrons. The van der Waals surface area contributed by atoms with E-state index in [0.29, 0.717) is 11.4 Å². The van der Waals surface area contributed by atoms with Gasteiger partial charge in [0.2, 0.25) is 0 Å². The molecule has 2 heterocycles. The average Bonchev–Trinajstić information content (AvgIpc) is 3.47. The number of sulfonamides is 1. The van der Waals surface area contributed by atoms with Crippen LogP contribution in [0, 0.1) is 5.92 Å². The lowest BCUT2D eigenvalue weighted by Crippen LogP contribution is -2.50. The second-order valence-electron chi connectivity index (χ2n) is 9.50. The van der Waals surface area contributed by atoms with Gasteiger partial charge in [-0.15, -0.1) is 11.3 Å². The Hall–Kier alpha value is -3.45. The third-order valence-corrected chi connectivity index (χ3v) is 9.75. The van der Waals surface area contributed by atoms with Gasteiger partial charge in [0.05, 0.1) is 24.8 Å². The van der Waals surface area contributed by atoms with E-state index in [1.165, 1.54) is 17.4 Å². The Morgan fingerprint density at radius 1 is 1.15 bits per heavy atom. The molecule has 10 nitrogen and oxygen atoms in total. The maximum absolute atomic E-state index is 13.6. The number of anilines is 2. The van der Waals surface area contributed by atoms with Gasteiger partial charge >= 0.3 is 6.03 Å². The first-order valence-corrected chi connectivity index (χ1v) is 14.8. The number of hydrogen-bond acceptors (Lipinski definition) is 7. The Labute approximate surface area is 232 Å². The van der Waals surface area contributed by atoms with Crippen LogP contribution in [0.4, 0.5) is 16.2 Å². The van der Waals surface area contributed by atoms with Crippen molar-refractivity contribution in [2.45, 2.75) is 30.2 Å². The van der Waals surface area contributed by atoms with Crippen molar-refractivity contribution in [1.82, 2.24) is 9.21 Å². The SMILES string of the molecule is C[C@@H]1CN([C@@H](C)CO)C(=O)c2cc(NC(=O)Nc3ccccc3)ccc2O[C@@H]1CN(C)S(=O)(=O)c1cccs1. The number of nitrogens with zero attached hydrogens (tertiary/aromatic N) is 2. The monoisotopic (exact) mass is 572 g/mol. The maximum atomic E-state index is 13.6. The number of benzene rings is 2. The minimum Gasteiger partial charge on any atom is -0.488 e. The van der Waals surface area contributed by atoms with Gasteiger partial charge in [-0.05, 0) is 48.7 Å². The number of carbonyl (C=O) groups excluding carboxylic acids is 2. The number of ether oxygens (including phenoxy) is 1. The van der Waals surface area contributed by atoms with E-state index in [1.54, 1.807) is 65.7 Å². The fraction of sp³-hybridized carbons (Fsp3) is 0.333. The number of para-hydroxylation sites is 1. The molecule has 0 saturated carbocycles. The quantitative estimate of drug-likeness (QED) is 0.375. The van der Waals surface area contributed by atoms with Gasteiger partial charge in [0.15, 0.2) is 0 Å². The summed E-state index contributed by atoms with van der Waals surface area (Å²) in [6.45, 7) is 3.67. The second kappa shape index (κ2) is 12.2. The molecule has 3 N–H and O–H groups in total. The molecule has 3 atom stereocenters. The molecule has 0 bridgehead atoms. The molecule has 12 heteroatoms. The van der Waals surface area contributed by atoms with Gasteiger partial charge in [-0.2, -0.15) is 4.31 Å². The number of hydrogen-bond donors (Lipinski definition) is 3. The highest BCUT2D eigenvalue weighted by molar-refractivity contribution is 7.91. The number of urea groups is 1. The average molecular weight is 573 g/mol. The Morgan fingerprint density at radius 3 is 2.54 bits per heavy atom. The van der Waals surface area contributed by atoms with Crippen molar-refractivity contribution < 1.29 is 27.9 Å². The van der Waals surface area contributed by atoms with Crippen LogP contribution in [0.5, 0.6) is 5.75 Å². The van der Waals surface area contributed by atoms with Crippen molar-refractivity contribution in [3.05, 3.63) is 71.6 Å². The Kier molecular flexibility index (Phi) is 8.90. The highest BCUT2D eigenvalue weighted by atomic mass is 32.2. The minimum atomic E-state index is -3.71. The number of aliphatic hydroxyl groups excluding tert-OH is 1. The molecule has 0 saturated heterocycles. The molecule has 0 unspecified atom stereocenters. The number of carbonyl (C=O) groups is 2. The van der Waals surface area contributed by atoms with Crippen LogP contribution < -0.4 is 15.4 Å². The predicted molar refractivity (Wildman–Crippen MR) is 151 cm³/mol. The minimum absolute atomic E-state index is 0.0514. The summed E-state index contributed by atoms with van der Waals surface area (Å²) in [7, 11) is -2.21. The Morgan fingerprint density at radius 2 is 1.87 bits per heavy atom. The molecule has 3 aromatic rings. The Bertz CT molecular complexity index is 1400. The van der Waals surface area contributed by atoms with Crippen LogP contribution in [0.2, 0.25) is 0 Å². The Balaban J connectivity index is 1.61. The highest BCUT2D eigenvalue weighted by Gasteiger charge is 2.35. The standard InChI is InChI=1S/C27H32N4O6S2/c1-18-15-31(19(2)17-32)26(33)22-14-21(29-27(34)28-20-8-5-4-6-9-20)11-12-23(22)37-24(18)16-30(3)39(35,36)25-10-7-13-38-25/h4-14,18-19,24,32H,15-17H2,1-3H3,(H2,28,29,34)/t18-,19+,24-/m1/s1. The van der Waals surface area contributed by atoms with Gasteiger partial charge in [0.1, 0.15) is 16.1 Å². The van der Waals surface area contributed by atoms with Crippen molar-refractivity contribution >= 4 is 44.7 Å². The zero-order valence-electron chi connectivity index (χ0n) is 21.9. The molecule has 1 aliphatic heterocycles. The third kappa shape index (κ3) is 6.59. The smallest absolute Gasteiger partial charge is 0.323 e. The molecule has 1 aromatic heterocycles. The van der Waals surface area contributed by atoms with E-state index in [-0.39, 0.29) is 47.0 Å². The van der Waals surface area contributed by atoms with E-state index < -0.39 is 28.2 Å². The molecule has 3 amide bonds. The molecule has 0 fully saturated rings. The van der Waals surface area contributed by atoms with E-state index in [1.807, 2.05) is 13.0 Å². The van der Waals surface area contributed by atoms with Gasteiger partial charge in [-0.3, -0.25) is 4.79 Å². The van der Waals surface area contributed by atoms with Gasteiger partial charge < -0.3 is 25.4 Å². The second-order valence-corrected chi connectivity index (χ2v) is 12.7. The van der Waals surface area contributed by atoms with Gasteiger partial charge in [-0.25, -0.2) is 13.2 Å². The lowest BCUT2D eigenvalue weighted by atomic mass is 9.99. The topological polar surface area (TPSA) is 128 Å². The van der Waals surface area contributed by atoms with E-state index in [9.17, 15) is 23.1 Å². The van der Waals surface area contributed by atoms with Crippen molar-refractivity contribution in [3.63, 3.8) is 0 Å². The highest BCUT2D eigenvalue weighted by Crippen LogP contribution is 2.31. The van der Waals surface area contributed by atoms with Gasteiger partial charge in [-0.1, -0.05) is 31.2 Å². The number of rotatable bonds is 8. The summed E-state index contributed by atoms with van der Waals surface area (Å²) in [5.74, 6) is -0.349. The number of aliphatic hydroxyl groups is 1. The van der Waals surface area contributed by atoms with Crippen LogP contribution in [-0.4, -0.2) is 73.6 Å². The largest absolute Gasteiger partial charge is 0.488 e. The first-order valence-electron chi connectivity index (χ1n) is 12.5. The molecular formula is C27H32N4O6S2. The van der Waals surface area contributed by atoms with Crippen LogP contribution >= 0.6 is 11.3 Å². The number of likely N-dealkylation sites (N-methyl/N-ethyl adjacent to an activating group) is 1. The number of thiophene rings is 1. The lowest BCUT2D eigenvalue weighted by molar-refractivity contribution is 0.0387. The van der Waals surface area contributed by atoms with E-state index in [2.05, 4.69) is 10.6 Å². The van der Waals surface area contributed by atoms with Crippen molar-refractivity contribution in [2.24, 2.45) is 5.92 Å². The summed E-state index contributed by atoms with van der Waals surface area (Å²) < 4.78 is 33.9. The molecule has 0 radical (unpaired) electrons. The zero-order valence-corrected chi connectivity index (χ0v) is 23.5. The van der Waals surface area contributed by atoms with Crippen LogP contribution in [0.3, 0.4) is 0 Å². The predicted octanol–water partition coefficient (Wildman–Crippen LogP) is 3.93. The van der Waals surface area contributed by atoms with Gasteiger partial charge in [0.25, 0.3) is 15.9 Å². The van der Waals surface area contributed by atoms with Crippen molar-refractivity contribution in [1.29, 1.82) is 0 Å². The number of amides is 3. The molecule has 4 rings (SSSR count). The summed E-state index contributed by atoms with van der Waals surface area (Å²) in [6.07, 6.45) is -0.592. The summed E-state index contributed by atoms with van der Waals surface area (Å²) in [4.78, 5) is 27.7. The zero-order chi connectivity index (χ0) is 28.2. The third-order valence-electron chi connectivity index (χ3n) is 6.55. The molecule has 1 aliphatic rings. The molecule has 0 aliphatic carbocycles. The van der Waals surface area contributed by atoms with Crippen LogP contribution in [0.25, 0.3) is 0 Å². The van der Waals surface area contributed by atoms with Gasteiger partial charge in [0, 0.05) is 30.9 Å². The molecule has 0 spiro atoms. The first-order chi connectivity index (χ1) is 18.6. The number of fused-ring (bicyclic) bond motifs is 1. The van der Waals surface area contributed by atoms with Crippen molar-refractivity contribution in [3.8, 4) is 5.75 Å². The fourth-order valence-corrected chi connectivity index (χ4v) is 6.63.